The Bertz CT molecular complexity index is 36.2. The molecule has 0 N–H and O–H groups in total. The molecule has 0 saturated carbocycles. The molecule has 5 heteroatoms. The molecule has 0 fully saturated rings. The van der Waals surface area contributed by atoms with Gasteiger partial charge < -0.3 is 0 Å². The summed E-state index contributed by atoms with van der Waals surface area (Å²) in [6.45, 7) is 0. The van der Waals surface area contributed by atoms with Crippen LogP contribution in [-0.2, 0) is 32.1 Å². The quantitative estimate of drug-likeness (QED) is 0.452. The van der Waals surface area contributed by atoms with E-state index < -0.39 is 9.29 Å². The van der Waals surface area contributed by atoms with Crippen LogP contribution in [0.5, 0.6) is 0 Å². The predicted octanol–water partition coefficient (Wildman–Crippen LogP) is -0.740. The van der Waals surface area contributed by atoms with E-state index in [4.69, 9.17) is 12.3 Å². The Morgan fingerprint density at radius 2 is 1.20 bits per heavy atom. The second-order valence-electron chi connectivity index (χ2n) is 0.0833. The molecule has 5 heavy (non-hydrogen) atoms. The Labute approximate surface area is 41.9 Å². The van der Waals surface area contributed by atoms with Crippen molar-refractivity contribution in [3.63, 3.8) is 0 Å². The summed E-state index contributed by atoms with van der Waals surface area (Å²) < 4.78 is 25.1. The number of hydrogen-bond donors (Lipinski definition) is 0. The van der Waals surface area contributed by atoms with Gasteiger partial charge >= 0.3 is 32.5 Å². The first-order valence-electron chi connectivity index (χ1n) is 0.575. The van der Waals surface area contributed by atoms with E-state index >= 15 is 0 Å². The van der Waals surface area contributed by atoms with Crippen LogP contribution in [0.4, 0.5) is 0 Å². The SMILES string of the molecule is O=[Si]=O.[O]=[Mo]. The Morgan fingerprint density at radius 3 is 1.20 bits per heavy atom. The van der Waals surface area contributed by atoms with Crippen LogP contribution in [0.3, 0.4) is 0 Å². The van der Waals surface area contributed by atoms with Crippen LogP contribution in [0.2, 0.25) is 0 Å². The maximum absolute atomic E-state index is 8.40. The molecule has 0 heterocycles. The van der Waals surface area contributed by atoms with Crippen molar-refractivity contribution in [2.75, 3.05) is 0 Å². The van der Waals surface area contributed by atoms with Gasteiger partial charge in [-0.05, 0) is 0 Å². The van der Waals surface area contributed by atoms with E-state index in [-0.39, 0.29) is 0 Å². The van der Waals surface area contributed by atoms with Gasteiger partial charge in [0.1, 0.15) is 0 Å². The summed E-state index contributed by atoms with van der Waals surface area (Å²) in [5.74, 6) is 0. The Kier molecular flexibility index (Phi) is 49.7. The van der Waals surface area contributed by atoms with Crippen molar-refractivity contribution in [3.8, 4) is 0 Å². The summed E-state index contributed by atoms with van der Waals surface area (Å²) in [7, 11) is -1.42. The van der Waals surface area contributed by atoms with E-state index in [1.807, 2.05) is 0 Å². The average molecular weight is 172 g/mol. The molecule has 0 aromatic heterocycles. The maximum atomic E-state index is 8.40. The van der Waals surface area contributed by atoms with Gasteiger partial charge in [-0.2, -0.15) is 0 Å². The Balaban J connectivity index is 0. The van der Waals surface area contributed by atoms with Crippen molar-refractivity contribution in [1.82, 2.24) is 0 Å². The normalized spacial score (nSPS) is 2.40. The number of rotatable bonds is 0. The molecule has 0 amide bonds. The summed E-state index contributed by atoms with van der Waals surface area (Å²) in [4.78, 5) is 0. The van der Waals surface area contributed by atoms with Crippen LogP contribution in [0.15, 0.2) is 0 Å². The molecule has 0 saturated heterocycles. The first kappa shape index (κ1) is 9.00. The van der Waals surface area contributed by atoms with E-state index in [2.05, 4.69) is 0 Å². The van der Waals surface area contributed by atoms with Crippen molar-refractivity contribution in [2.24, 2.45) is 0 Å². The fourth-order valence-electron chi connectivity index (χ4n) is 0. The molecule has 0 aliphatic carbocycles. The molecular formula is MoO3Si. The second-order valence-corrected chi connectivity index (χ2v) is 0.250. The third-order valence-electron chi connectivity index (χ3n) is 0. The monoisotopic (exact) mass is 174 g/mol. The summed E-state index contributed by atoms with van der Waals surface area (Å²) in [5, 5.41) is 0. The topological polar surface area (TPSA) is 51.2 Å². The summed E-state index contributed by atoms with van der Waals surface area (Å²) in [6.07, 6.45) is 0. The molecule has 0 unspecified atom stereocenters. The fraction of sp³-hybridized carbons (Fsp3) is 0. The van der Waals surface area contributed by atoms with E-state index in [0.717, 1.165) is 0 Å². The average Bonchev–Trinajstić information content (AvgIpc) is 1.46. The minimum atomic E-state index is -1.42. The van der Waals surface area contributed by atoms with Crippen molar-refractivity contribution in [2.45, 2.75) is 0 Å². The van der Waals surface area contributed by atoms with E-state index in [0.29, 0.717) is 19.8 Å². The molecule has 0 atom stereocenters. The zero-order valence-corrected chi connectivity index (χ0v) is 5.14. The van der Waals surface area contributed by atoms with Gasteiger partial charge in [-0.15, -0.1) is 0 Å². The first-order chi connectivity index (χ1) is 2.41. The molecule has 0 radical (unpaired) electrons. The molecule has 0 bridgehead atoms. The van der Waals surface area contributed by atoms with Crippen LogP contribution in [0.1, 0.15) is 0 Å². The second kappa shape index (κ2) is 27.6. The summed E-state index contributed by atoms with van der Waals surface area (Å²) in [6, 6.07) is 0. The molecule has 3 nitrogen and oxygen atoms in total. The molecular weight excluding hydrogens is 172 g/mol. The zero-order valence-electron chi connectivity index (χ0n) is 2.13. The molecule has 0 aliphatic rings. The van der Waals surface area contributed by atoms with Crippen LogP contribution in [0, 0.1) is 0 Å². The van der Waals surface area contributed by atoms with Gasteiger partial charge in [0.25, 0.3) is 0 Å². The van der Waals surface area contributed by atoms with Crippen LogP contribution in [-0.4, -0.2) is 9.29 Å². The molecule has 0 spiro atoms. The van der Waals surface area contributed by atoms with E-state index in [9.17, 15) is 0 Å². The molecule has 28 valence electrons. The van der Waals surface area contributed by atoms with Gasteiger partial charge in [-0.1, -0.05) is 0 Å². The first-order valence-corrected chi connectivity index (χ1v) is 2.21. The zero-order chi connectivity index (χ0) is 4.71. The standard InChI is InChI=1S/Mo.O2Si.O/c;1-3-2;. The molecule has 0 aromatic rings. The molecule has 0 rings (SSSR count). The van der Waals surface area contributed by atoms with E-state index in [1.54, 1.807) is 0 Å². The Morgan fingerprint density at radius 1 is 1.20 bits per heavy atom. The van der Waals surface area contributed by atoms with Crippen molar-refractivity contribution in [3.05, 3.63) is 0 Å². The van der Waals surface area contributed by atoms with E-state index in [1.165, 1.54) is 0 Å². The molecule has 0 aromatic carbocycles. The predicted molar refractivity (Wildman–Crippen MR) is 7.81 cm³/mol. The third-order valence-corrected chi connectivity index (χ3v) is 0. The van der Waals surface area contributed by atoms with Crippen LogP contribution in [0.25, 0.3) is 0 Å². The van der Waals surface area contributed by atoms with Crippen LogP contribution >= 0.6 is 0 Å². The van der Waals surface area contributed by atoms with Gasteiger partial charge in [0.15, 0.2) is 0 Å². The van der Waals surface area contributed by atoms with Crippen molar-refractivity contribution < 1.29 is 32.1 Å². The minimum absolute atomic E-state index is 0.700. The molecule has 0 aliphatic heterocycles. The third kappa shape index (κ3) is 246. The van der Waals surface area contributed by atoms with Gasteiger partial charge in [-0.25, -0.2) is 0 Å². The summed E-state index contributed by atoms with van der Waals surface area (Å²) >= 11 is 0.700. The van der Waals surface area contributed by atoms with Gasteiger partial charge in [0.05, 0.1) is 0 Å². The van der Waals surface area contributed by atoms with Gasteiger partial charge in [0.2, 0.25) is 0 Å². The fourth-order valence-corrected chi connectivity index (χ4v) is 0. The van der Waals surface area contributed by atoms with Crippen LogP contribution < -0.4 is 0 Å². The van der Waals surface area contributed by atoms with Crippen molar-refractivity contribution >= 4 is 9.29 Å². The van der Waals surface area contributed by atoms with Gasteiger partial charge in [-0.3, -0.25) is 8.92 Å². The number of hydrogen-bond acceptors (Lipinski definition) is 3. The van der Waals surface area contributed by atoms with Gasteiger partial charge in [0, 0.05) is 0 Å². The van der Waals surface area contributed by atoms with Crippen molar-refractivity contribution in [1.29, 1.82) is 0 Å². The Hall–Kier alpha value is 0.305. The summed E-state index contributed by atoms with van der Waals surface area (Å²) in [5.41, 5.74) is 0.